The number of nitrogens with two attached hydrogens (primary N) is 1. The molecule has 2 heterocycles. The second-order valence-corrected chi connectivity index (χ2v) is 19.2. The minimum atomic E-state index is -2.11. The molecule has 2 fully saturated rings. The highest BCUT2D eigenvalue weighted by atomic mass is 16.7. The number of amides is 8. The second kappa shape index (κ2) is 33.3. The molecule has 2 rings (SSSR count). The first kappa shape index (κ1) is 68.8. The Morgan fingerprint density at radius 1 is 0.615 bits per heavy atom. The number of aliphatic carboxylic acids is 1. The standard InChI is InChI=1S/C46H82N10O22/c1-9-18(2)29(47)41(71)53-25(17-75-45-33(50-22(6)61)37(67)35(65)26(15-57)77-45)40(70)54-31(20(4)60)43(73)56-32(21(5)76-46-34(51-23(7)62)38(68)36(66)27(16-58)78-46)44(74)55-30(19(3)59)42(72)52-24(12-10-11-13-48-8)39(69)49-14-28(63)64/h18-21,24-27,29-38,45-46,48,57-60,65-68H,9-17,47H2,1-8H3,(H,49,69)(H,50,61)(H,51,62)(H,52,72)(H,53,71)(H,54,70)(H,55,74)(H,56,73)(H,63,64)/t18-,19+,20+,21+,24-,25?,26?,27?,29?,30?,31?,32?,33?,34?,35-,36-,37?,38?,45-,46-/m0/s1. The summed E-state index contributed by atoms with van der Waals surface area (Å²) in [5.74, 6) is -10.4. The number of hydrogen-bond donors (Lipinski definition) is 19. The lowest BCUT2D eigenvalue weighted by molar-refractivity contribution is -0.281. The molecule has 0 aromatic rings. The highest BCUT2D eigenvalue weighted by Gasteiger charge is 2.49. The van der Waals surface area contributed by atoms with E-state index in [0.29, 0.717) is 25.8 Å². The minimum absolute atomic E-state index is 0.0354. The molecule has 0 saturated carbocycles. The van der Waals surface area contributed by atoms with Crippen molar-refractivity contribution in [1.29, 1.82) is 0 Å². The fourth-order valence-corrected chi connectivity index (χ4v) is 8.06. The van der Waals surface area contributed by atoms with Gasteiger partial charge in [0.05, 0.1) is 44.2 Å². The summed E-state index contributed by atoms with van der Waals surface area (Å²) < 4.78 is 23.0. The fourth-order valence-electron chi connectivity index (χ4n) is 8.06. The van der Waals surface area contributed by atoms with E-state index in [2.05, 4.69) is 47.9 Å². The number of carboxylic acids is 1. The number of aliphatic hydroxyl groups excluding tert-OH is 8. The quantitative estimate of drug-likeness (QED) is 0.0278. The van der Waals surface area contributed by atoms with Gasteiger partial charge in [-0.25, -0.2) is 0 Å². The third-order valence-electron chi connectivity index (χ3n) is 12.9. The zero-order valence-electron chi connectivity index (χ0n) is 44.8. The average molecular weight is 1130 g/mol. The Balaban J connectivity index is 2.67. The van der Waals surface area contributed by atoms with Crippen LogP contribution in [0.5, 0.6) is 0 Å². The molecular formula is C46H82N10O22. The molecule has 0 radical (unpaired) electrons. The van der Waals surface area contributed by atoms with Crippen molar-refractivity contribution >= 4 is 53.2 Å². The summed E-state index contributed by atoms with van der Waals surface area (Å²) >= 11 is 0. The van der Waals surface area contributed by atoms with E-state index in [1.807, 2.05) is 0 Å². The van der Waals surface area contributed by atoms with E-state index < -0.39 is 201 Å². The molecule has 2 aliphatic heterocycles. The highest BCUT2D eigenvalue weighted by Crippen LogP contribution is 2.25. The van der Waals surface area contributed by atoms with Crippen LogP contribution in [0, 0.1) is 5.92 Å². The van der Waals surface area contributed by atoms with E-state index in [9.17, 15) is 84.0 Å². The summed E-state index contributed by atoms with van der Waals surface area (Å²) in [6, 6.07) is -13.8. The van der Waals surface area contributed by atoms with Gasteiger partial charge in [-0.3, -0.25) is 43.2 Å². The van der Waals surface area contributed by atoms with Gasteiger partial charge in [0.2, 0.25) is 47.3 Å². The SMILES string of the molecule is CC[C@H](C)C(N)C(=O)NC(CO[C@H]1OC(CO)[C@H](O)C(O)C1NC(C)=O)C(=O)NC(C(=O)NC(C(=O)NC(C(=O)N[C@@H](CCCCNC)C(=O)NCC(=O)O)[C@@H](C)O)[C@@H](C)O[C@H]1OC(CO)[C@H](O)C(O)C1NC(C)=O)[C@@H](C)O. The van der Waals surface area contributed by atoms with E-state index in [0.717, 1.165) is 34.6 Å². The number of unbranched alkanes of at least 4 members (excludes halogenated alkanes) is 1. The highest BCUT2D eigenvalue weighted by molar-refractivity contribution is 5.97. The number of hydrogen-bond acceptors (Lipinski definition) is 23. The predicted octanol–water partition coefficient (Wildman–Crippen LogP) is -9.56. The van der Waals surface area contributed by atoms with Crippen LogP contribution in [0.4, 0.5) is 0 Å². The molecule has 448 valence electrons. The third-order valence-corrected chi connectivity index (χ3v) is 12.9. The Kier molecular flexibility index (Phi) is 29.4. The number of ether oxygens (including phenoxy) is 4. The molecule has 0 aromatic carbocycles. The maximum atomic E-state index is 14.5. The summed E-state index contributed by atoms with van der Waals surface area (Å²) in [5.41, 5.74) is 6.16. The largest absolute Gasteiger partial charge is 0.480 e. The maximum absolute atomic E-state index is 14.5. The number of rotatable bonds is 32. The third kappa shape index (κ3) is 20.7. The van der Waals surface area contributed by atoms with Gasteiger partial charge in [-0.05, 0) is 59.5 Å². The van der Waals surface area contributed by atoms with Crippen LogP contribution in [-0.4, -0.2) is 255 Å². The minimum Gasteiger partial charge on any atom is -0.480 e. The summed E-state index contributed by atoms with van der Waals surface area (Å²) in [4.78, 5) is 119. The molecule has 2 saturated heterocycles. The Labute approximate surface area is 449 Å². The Hall–Kier alpha value is -5.33. The lowest BCUT2D eigenvalue weighted by atomic mass is 9.96. The van der Waals surface area contributed by atoms with Gasteiger partial charge in [-0.15, -0.1) is 0 Å². The molecule has 8 amide bonds. The first-order valence-corrected chi connectivity index (χ1v) is 25.4. The van der Waals surface area contributed by atoms with Gasteiger partial charge in [0.1, 0.15) is 85.5 Å². The predicted molar refractivity (Wildman–Crippen MR) is 266 cm³/mol. The maximum Gasteiger partial charge on any atom is 0.322 e. The molecule has 20 atom stereocenters. The van der Waals surface area contributed by atoms with Crippen LogP contribution >= 0.6 is 0 Å². The van der Waals surface area contributed by atoms with Crippen molar-refractivity contribution < 1.29 is 108 Å². The lowest BCUT2D eigenvalue weighted by Crippen LogP contribution is -2.67. The van der Waals surface area contributed by atoms with Crippen LogP contribution < -0.4 is 53.6 Å². The molecular weight excluding hydrogens is 1040 g/mol. The number of aliphatic hydroxyl groups is 8. The topological polar surface area (TPSA) is 507 Å². The number of nitrogens with one attached hydrogen (secondary N) is 9. The first-order valence-electron chi connectivity index (χ1n) is 25.4. The van der Waals surface area contributed by atoms with Gasteiger partial charge in [-0.2, -0.15) is 0 Å². The Morgan fingerprint density at radius 3 is 1.55 bits per heavy atom. The summed E-state index contributed by atoms with van der Waals surface area (Å²) in [6.07, 6.45) is -17.9. The molecule has 2 aliphatic rings. The zero-order valence-corrected chi connectivity index (χ0v) is 44.8. The van der Waals surface area contributed by atoms with Crippen LogP contribution in [0.1, 0.15) is 74.1 Å². The molecule has 32 heteroatoms. The molecule has 11 unspecified atom stereocenters. The van der Waals surface area contributed by atoms with Crippen molar-refractivity contribution in [3.63, 3.8) is 0 Å². The van der Waals surface area contributed by atoms with Crippen LogP contribution in [0.15, 0.2) is 0 Å². The van der Waals surface area contributed by atoms with Gasteiger partial charge < -0.3 is 118 Å². The van der Waals surface area contributed by atoms with E-state index in [-0.39, 0.29) is 6.42 Å². The second-order valence-electron chi connectivity index (χ2n) is 19.2. The van der Waals surface area contributed by atoms with E-state index in [4.69, 9.17) is 29.8 Å². The average Bonchev–Trinajstić information content (AvgIpc) is 3.38. The van der Waals surface area contributed by atoms with Gasteiger partial charge in [-0.1, -0.05) is 20.3 Å². The first-order chi connectivity index (χ1) is 36.5. The fraction of sp³-hybridized carbons (Fsp3) is 0.804. The lowest BCUT2D eigenvalue weighted by Gasteiger charge is -2.43. The smallest absolute Gasteiger partial charge is 0.322 e. The van der Waals surface area contributed by atoms with Crippen molar-refractivity contribution in [1.82, 2.24) is 47.9 Å². The van der Waals surface area contributed by atoms with Crippen LogP contribution in [0.2, 0.25) is 0 Å². The van der Waals surface area contributed by atoms with Crippen LogP contribution in [-0.2, 0) is 62.1 Å². The summed E-state index contributed by atoms with van der Waals surface area (Å²) in [7, 11) is 1.68. The van der Waals surface area contributed by atoms with Crippen molar-refractivity contribution in [3.05, 3.63) is 0 Å². The Bertz CT molecular complexity index is 1990. The number of carbonyl (C=O) groups excluding carboxylic acids is 8. The monoisotopic (exact) mass is 1130 g/mol. The van der Waals surface area contributed by atoms with Crippen molar-refractivity contribution in [3.8, 4) is 0 Å². The van der Waals surface area contributed by atoms with Crippen molar-refractivity contribution in [2.45, 2.75) is 190 Å². The van der Waals surface area contributed by atoms with Gasteiger partial charge >= 0.3 is 5.97 Å². The molecule has 78 heavy (non-hydrogen) atoms. The molecule has 32 nitrogen and oxygen atoms in total. The molecule has 20 N–H and O–H groups in total. The van der Waals surface area contributed by atoms with E-state index in [1.54, 1.807) is 20.9 Å². The number of carboxylic acid groups (broad SMARTS) is 1. The molecule has 0 spiro atoms. The van der Waals surface area contributed by atoms with E-state index >= 15 is 0 Å². The summed E-state index contributed by atoms with van der Waals surface area (Å²) in [6.45, 7) is 5.76. The van der Waals surface area contributed by atoms with Crippen LogP contribution in [0.25, 0.3) is 0 Å². The van der Waals surface area contributed by atoms with Gasteiger partial charge in [0.25, 0.3) is 0 Å². The zero-order chi connectivity index (χ0) is 59.3. The van der Waals surface area contributed by atoms with Gasteiger partial charge in [0, 0.05) is 13.8 Å². The van der Waals surface area contributed by atoms with Crippen molar-refractivity contribution in [2.24, 2.45) is 11.7 Å². The van der Waals surface area contributed by atoms with Gasteiger partial charge in [0.15, 0.2) is 12.6 Å². The molecule has 0 aromatic heterocycles. The summed E-state index contributed by atoms with van der Waals surface area (Å²) in [5, 5.41) is 115. The van der Waals surface area contributed by atoms with Crippen molar-refractivity contribution in [2.75, 3.05) is 40.0 Å². The normalized spacial score (nSPS) is 27.0. The van der Waals surface area contributed by atoms with E-state index in [1.165, 1.54) is 0 Å². The van der Waals surface area contributed by atoms with Crippen LogP contribution in [0.3, 0.4) is 0 Å². The number of carbonyl (C=O) groups is 9. The molecule has 0 bridgehead atoms. The molecule has 0 aliphatic carbocycles. The Morgan fingerprint density at radius 2 is 1.08 bits per heavy atom.